The third kappa shape index (κ3) is 1.34. The fraction of sp³-hybridized carbons (Fsp3) is 0.500. The van der Waals surface area contributed by atoms with Crippen molar-refractivity contribution in [1.82, 2.24) is 0 Å². The summed E-state index contributed by atoms with van der Waals surface area (Å²) in [4.78, 5) is 0. The second kappa shape index (κ2) is 4.12. The molecule has 4 aliphatic heterocycles. The van der Waals surface area contributed by atoms with Crippen LogP contribution in [0.3, 0.4) is 0 Å². The molecule has 2 nitrogen and oxygen atoms in total. The predicted octanol–water partition coefficient (Wildman–Crippen LogP) is 4.71. The molecule has 0 aromatic heterocycles. The highest BCUT2D eigenvalue weighted by Crippen LogP contribution is 2.57. The fourth-order valence-electron chi connectivity index (χ4n) is 5.29. The third-order valence-corrected chi connectivity index (χ3v) is 6.13. The number of rotatable bonds is 0. The van der Waals surface area contributed by atoms with Gasteiger partial charge in [0.15, 0.2) is 0 Å². The van der Waals surface area contributed by atoms with Gasteiger partial charge in [-0.05, 0) is 59.1 Å². The summed E-state index contributed by atoms with van der Waals surface area (Å²) >= 11 is 0. The Morgan fingerprint density at radius 1 is 0.545 bits per heavy atom. The molecule has 0 spiro atoms. The van der Waals surface area contributed by atoms with E-state index < -0.39 is 0 Å². The molecule has 1 aromatic rings. The summed E-state index contributed by atoms with van der Waals surface area (Å²) in [5, 5.41) is 0. The van der Waals surface area contributed by atoms with Crippen LogP contribution in [0.5, 0.6) is 0 Å². The van der Waals surface area contributed by atoms with Crippen molar-refractivity contribution >= 4 is 0 Å². The molecule has 112 valence electrons. The van der Waals surface area contributed by atoms with Crippen molar-refractivity contribution in [2.45, 2.75) is 62.9 Å². The highest BCUT2D eigenvalue weighted by Gasteiger charge is 2.45. The van der Waals surface area contributed by atoms with E-state index in [-0.39, 0.29) is 24.4 Å². The number of ether oxygens (including phenoxy) is 2. The monoisotopic (exact) mass is 292 g/mol. The van der Waals surface area contributed by atoms with E-state index in [9.17, 15) is 0 Å². The zero-order chi connectivity index (χ0) is 14.3. The van der Waals surface area contributed by atoms with Crippen LogP contribution in [0.15, 0.2) is 24.3 Å². The molecule has 0 N–H and O–H groups in total. The minimum Gasteiger partial charge on any atom is -0.357 e. The average Bonchev–Trinajstić information content (AvgIpc) is 3.31. The molecule has 0 amide bonds. The standard InChI is InChI=1S/C20H20O2/c1-2-4-6-12-19-15-9-7-13(21-15)17(19)11(5-3-1)18-14-8-10-16(22-14)20(12)18/h7-10,13-16H,1-6H2/t13-,14+,15+,16-. The minimum absolute atomic E-state index is 0.210. The quantitative estimate of drug-likeness (QED) is 0.645. The van der Waals surface area contributed by atoms with Gasteiger partial charge in [0.2, 0.25) is 0 Å². The third-order valence-electron chi connectivity index (χ3n) is 6.13. The molecule has 0 saturated carbocycles. The van der Waals surface area contributed by atoms with Crippen molar-refractivity contribution in [3.05, 3.63) is 57.7 Å². The highest BCUT2D eigenvalue weighted by molar-refractivity contribution is 5.63. The second-order valence-electron chi connectivity index (χ2n) is 7.25. The molecule has 0 radical (unpaired) electrons. The van der Waals surface area contributed by atoms with Crippen LogP contribution in [-0.2, 0) is 22.3 Å². The molecule has 6 bridgehead atoms. The number of hydrogen-bond acceptors (Lipinski definition) is 2. The lowest BCUT2D eigenvalue weighted by molar-refractivity contribution is 0.0829. The first-order chi connectivity index (χ1) is 10.9. The molecule has 0 unspecified atom stereocenters. The summed E-state index contributed by atoms with van der Waals surface area (Å²) in [7, 11) is 0. The molecule has 6 rings (SSSR count). The van der Waals surface area contributed by atoms with Gasteiger partial charge in [-0.3, -0.25) is 0 Å². The van der Waals surface area contributed by atoms with Crippen LogP contribution in [0.25, 0.3) is 0 Å². The van der Waals surface area contributed by atoms with Gasteiger partial charge in [0.25, 0.3) is 0 Å². The minimum atomic E-state index is 0.210. The van der Waals surface area contributed by atoms with E-state index in [1.54, 1.807) is 11.1 Å². The van der Waals surface area contributed by atoms with Crippen molar-refractivity contribution in [2.75, 3.05) is 0 Å². The maximum Gasteiger partial charge on any atom is 0.103 e. The molecule has 4 atom stereocenters. The summed E-state index contributed by atoms with van der Waals surface area (Å²) in [6.45, 7) is 0. The van der Waals surface area contributed by atoms with E-state index in [0.29, 0.717) is 0 Å². The van der Waals surface area contributed by atoms with Gasteiger partial charge in [-0.2, -0.15) is 0 Å². The van der Waals surface area contributed by atoms with Crippen LogP contribution in [-0.4, -0.2) is 0 Å². The van der Waals surface area contributed by atoms with Crippen molar-refractivity contribution in [2.24, 2.45) is 0 Å². The van der Waals surface area contributed by atoms with Gasteiger partial charge in [0.1, 0.15) is 24.4 Å². The fourth-order valence-corrected chi connectivity index (χ4v) is 5.29. The first-order valence-corrected chi connectivity index (χ1v) is 8.80. The smallest absolute Gasteiger partial charge is 0.103 e. The van der Waals surface area contributed by atoms with E-state index in [2.05, 4.69) is 24.3 Å². The van der Waals surface area contributed by atoms with Crippen LogP contribution in [0, 0.1) is 0 Å². The second-order valence-corrected chi connectivity index (χ2v) is 7.25. The van der Waals surface area contributed by atoms with Crippen LogP contribution < -0.4 is 0 Å². The molecule has 5 aliphatic rings. The average molecular weight is 292 g/mol. The number of fused-ring (bicyclic) bond motifs is 9. The summed E-state index contributed by atoms with van der Waals surface area (Å²) < 4.78 is 12.5. The molecule has 0 fully saturated rings. The molecule has 22 heavy (non-hydrogen) atoms. The Balaban J connectivity index is 1.70. The normalized spacial score (nSPS) is 36.2. The Bertz CT molecular complexity index is 631. The van der Waals surface area contributed by atoms with Crippen molar-refractivity contribution < 1.29 is 9.47 Å². The molecule has 1 aromatic carbocycles. The molecule has 0 saturated heterocycles. The Kier molecular flexibility index (Phi) is 2.27. The summed E-state index contributed by atoms with van der Waals surface area (Å²) in [6.07, 6.45) is 17.6. The Labute approximate surface area is 130 Å². The number of benzene rings is 1. The van der Waals surface area contributed by atoms with Crippen LogP contribution >= 0.6 is 0 Å². The molecule has 2 heteroatoms. The van der Waals surface area contributed by atoms with Crippen LogP contribution in [0.2, 0.25) is 0 Å². The van der Waals surface area contributed by atoms with Gasteiger partial charge in [0, 0.05) is 0 Å². The van der Waals surface area contributed by atoms with E-state index in [1.807, 2.05) is 0 Å². The first kappa shape index (κ1) is 12.1. The van der Waals surface area contributed by atoms with Gasteiger partial charge >= 0.3 is 0 Å². The topological polar surface area (TPSA) is 18.5 Å². The van der Waals surface area contributed by atoms with E-state index in [4.69, 9.17) is 9.47 Å². The van der Waals surface area contributed by atoms with Gasteiger partial charge in [-0.15, -0.1) is 0 Å². The summed E-state index contributed by atoms with van der Waals surface area (Å²) in [6, 6.07) is 0. The predicted molar refractivity (Wildman–Crippen MR) is 83.7 cm³/mol. The lowest BCUT2D eigenvalue weighted by atomic mass is 9.75. The first-order valence-electron chi connectivity index (χ1n) is 8.80. The molecular weight excluding hydrogens is 272 g/mol. The SMILES string of the molecule is C1=C[C@H]2O[C@@H]1c1c3c4c(c(c12)CCCCCC3)[C@@H]1C=C[C@H]4O1. The van der Waals surface area contributed by atoms with E-state index in [0.717, 1.165) is 0 Å². The maximum atomic E-state index is 6.23. The van der Waals surface area contributed by atoms with E-state index in [1.165, 1.54) is 60.8 Å². The zero-order valence-corrected chi connectivity index (χ0v) is 12.7. The molecule has 4 heterocycles. The van der Waals surface area contributed by atoms with E-state index >= 15 is 0 Å². The number of hydrogen-bond donors (Lipinski definition) is 0. The lowest BCUT2D eigenvalue weighted by Crippen LogP contribution is -2.14. The molecule has 1 aliphatic carbocycles. The summed E-state index contributed by atoms with van der Waals surface area (Å²) in [5.41, 5.74) is 9.23. The van der Waals surface area contributed by atoms with Gasteiger partial charge in [-0.1, -0.05) is 37.1 Å². The Hall–Kier alpha value is -1.38. The van der Waals surface area contributed by atoms with Gasteiger partial charge < -0.3 is 9.47 Å². The highest BCUT2D eigenvalue weighted by atomic mass is 16.5. The Morgan fingerprint density at radius 2 is 0.909 bits per heavy atom. The van der Waals surface area contributed by atoms with Crippen molar-refractivity contribution in [3.8, 4) is 0 Å². The lowest BCUT2D eigenvalue weighted by Gasteiger charge is -2.26. The zero-order valence-electron chi connectivity index (χ0n) is 12.7. The van der Waals surface area contributed by atoms with Crippen molar-refractivity contribution in [1.29, 1.82) is 0 Å². The van der Waals surface area contributed by atoms with Crippen molar-refractivity contribution in [3.63, 3.8) is 0 Å². The maximum absolute atomic E-state index is 6.23. The van der Waals surface area contributed by atoms with Gasteiger partial charge in [0.05, 0.1) is 0 Å². The van der Waals surface area contributed by atoms with Gasteiger partial charge in [-0.25, -0.2) is 0 Å². The van der Waals surface area contributed by atoms with Crippen LogP contribution in [0.4, 0.5) is 0 Å². The van der Waals surface area contributed by atoms with Crippen LogP contribution in [0.1, 0.15) is 83.5 Å². The largest absolute Gasteiger partial charge is 0.357 e. The molecular formula is C20H20O2. The summed E-state index contributed by atoms with van der Waals surface area (Å²) in [5.74, 6) is 0. The Morgan fingerprint density at radius 3 is 1.27 bits per heavy atom.